The summed E-state index contributed by atoms with van der Waals surface area (Å²) in [7, 11) is 0. The number of hydrogen-bond donors (Lipinski definition) is 1. The lowest BCUT2D eigenvalue weighted by molar-refractivity contribution is -0.116. The van der Waals surface area contributed by atoms with Crippen LogP contribution in [0.5, 0.6) is 0 Å². The van der Waals surface area contributed by atoms with E-state index in [1.165, 1.54) is 19.3 Å². The normalized spacial score (nSPS) is 14.0. The molecule has 4 rings (SSSR count). The van der Waals surface area contributed by atoms with Crippen molar-refractivity contribution in [3.8, 4) is 11.3 Å². The first-order valence-corrected chi connectivity index (χ1v) is 10.4. The van der Waals surface area contributed by atoms with Crippen molar-refractivity contribution >= 4 is 28.9 Å². The van der Waals surface area contributed by atoms with Crippen LogP contribution in [-0.2, 0) is 11.2 Å². The summed E-state index contributed by atoms with van der Waals surface area (Å²) in [4.78, 5) is 19.2. The summed E-state index contributed by atoms with van der Waals surface area (Å²) in [5.41, 5.74) is 2.88. The number of aromatic nitrogens is 1. The topological polar surface area (TPSA) is 58.4 Å². The number of carbonyl (C=O) groups excluding carboxylic acids is 1. The molecule has 0 atom stereocenters. The molecule has 1 aliphatic rings. The lowest BCUT2D eigenvalue weighted by atomic mass is 10.1. The molecular formula is C23H24ClN3O2. The molecule has 0 radical (unpaired) electrons. The molecule has 1 aromatic heterocycles. The molecule has 0 spiro atoms. The van der Waals surface area contributed by atoms with Crippen molar-refractivity contribution in [2.45, 2.75) is 32.1 Å². The first-order chi connectivity index (χ1) is 14.2. The van der Waals surface area contributed by atoms with Gasteiger partial charge in [-0.05, 0) is 55.7 Å². The van der Waals surface area contributed by atoms with Gasteiger partial charge in [0.1, 0.15) is 0 Å². The molecule has 1 aliphatic heterocycles. The van der Waals surface area contributed by atoms with Crippen LogP contribution in [0.3, 0.4) is 0 Å². The fraction of sp³-hybridized carbons (Fsp3) is 0.304. The summed E-state index contributed by atoms with van der Waals surface area (Å²) in [6.45, 7) is 2.08. The average Bonchev–Trinajstić information content (AvgIpc) is 3.23. The van der Waals surface area contributed by atoms with E-state index in [0.29, 0.717) is 29.5 Å². The number of halogens is 1. The van der Waals surface area contributed by atoms with E-state index in [9.17, 15) is 4.79 Å². The van der Waals surface area contributed by atoms with Gasteiger partial charge < -0.3 is 14.6 Å². The highest BCUT2D eigenvalue weighted by atomic mass is 35.5. The number of hydrogen-bond acceptors (Lipinski definition) is 4. The Kier molecular flexibility index (Phi) is 6.15. The van der Waals surface area contributed by atoms with Crippen molar-refractivity contribution < 1.29 is 9.21 Å². The van der Waals surface area contributed by atoms with Gasteiger partial charge in [0.25, 0.3) is 0 Å². The van der Waals surface area contributed by atoms with Crippen LogP contribution in [0.4, 0.5) is 11.4 Å². The SMILES string of the molecule is O=C(CCc1ncc(-c2ccc(Cl)cc2)o1)Nc1ccccc1N1CCCCC1. The third-order valence-electron chi connectivity index (χ3n) is 5.12. The Morgan fingerprint density at radius 3 is 2.62 bits per heavy atom. The lowest BCUT2D eigenvalue weighted by Gasteiger charge is -2.30. The van der Waals surface area contributed by atoms with E-state index < -0.39 is 0 Å². The molecule has 1 saturated heterocycles. The van der Waals surface area contributed by atoms with Crippen LogP contribution in [0.25, 0.3) is 11.3 Å². The molecule has 2 aromatic carbocycles. The number of oxazole rings is 1. The number of rotatable bonds is 6. The van der Waals surface area contributed by atoms with Crippen molar-refractivity contribution in [1.82, 2.24) is 4.98 Å². The number of para-hydroxylation sites is 2. The quantitative estimate of drug-likeness (QED) is 0.579. The smallest absolute Gasteiger partial charge is 0.224 e. The van der Waals surface area contributed by atoms with E-state index >= 15 is 0 Å². The van der Waals surface area contributed by atoms with E-state index in [2.05, 4.69) is 21.3 Å². The largest absolute Gasteiger partial charge is 0.441 e. The van der Waals surface area contributed by atoms with Gasteiger partial charge in [0.05, 0.1) is 17.6 Å². The zero-order chi connectivity index (χ0) is 20.1. The second kappa shape index (κ2) is 9.14. The predicted octanol–water partition coefficient (Wildman–Crippen LogP) is 5.56. The fourth-order valence-electron chi connectivity index (χ4n) is 3.60. The van der Waals surface area contributed by atoms with Gasteiger partial charge in [-0.1, -0.05) is 23.7 Å². The summed E-state index contributed by atoms with van der Waals surface area (Å²) >= 11 is 5.92. The van der Waals surface area contributed by atoms with E-state index in [0.717, 1.165) is 30.0 Å². The number of carbonyl (C=O) groups is 1. The van der Waals surface area contributed by atoms with E-state index in [1.54, 1.807) is 6.20 Å². The minimum Gasteiger partial charge on any atom is -0.441 e. The molecule has 3 aromatic rings. The fourth-order valence-corrected chi connectivity index (χ4v) is 3.72. The van der Waals surface area contributed by atoms with E-state index in [4.69, 9.17) is 16.0 Å². The summed E-state index contributed by atoms with van der Waals surface area (Å²) < 4.78 is 5.79. The van der Waals surface area contributed by atoms with Crippen LogP contribution in [0.2, 0.25) is 5.02 Å². The number of aryl methyl sites for hydroxylation is 1. The minimum absolute atomic E-state index is 0.0410. The molecule has 0 aliphatic carbocycles. The van der Waals surface area contributed by atoms with Gasteiger partial charge in [0.15, 0.2) is 11.7 Å². The standard InChI is InChI=1S/C23H24ClN3O2/c24-18-10-8-17(9-11-18)21-16-25-23(29-21)13-12-22(28)26-19-6-2-3-7-20(19)27-14-4-1-5-15-27/h2-3,6-11,16H,1,4-5,12-15H2,(H,26,28). The van der Waals surface area contributed by atoms with Crippen LogP contribution < -0.4 is 10.2 Å². The van der Waals surface area contributed by atoms with Crippen molar-refractivity contribution in [2.75, 3.05) is 23.3 Å². The second-order valence-electron chi connectivity index (χ2n) is 7.24. The molecule has 1 amide bonds. The van der Waals surface area contributed by atoms with Gasteiger partial charge in [-0.2, -0.15) is 0 Å². The van der Waals surface area contributed by atoms with Gasteiger partial charge in [-0.3, -0.25) is 4.79 Å². The number of amides is 1. The summed E-state index contributed by atoms with van der Waals surface area (Å²) in [6, 6.07) is 15.4. The molecule has 5 nitrogen and oxygen atoms in total. The molecule has 6 heteroatoms. The summed E-state index contributed by atoms with van der Waals surface area (Å²) in [5, 5.41) is 3.73. The molecule has 0 unspecified atom stereocenters. The van der Waals surface area contributed by atoms with Gasteiger partial charge in [-0.25, -0.2) is 4.98 Å². The predicted molar refractivity (Wildman–Crippen MR) is 116 cm³/mol. The highest BCUT2D eigenvalue weighted by molar-refractivity contribution is 6.30. The Labute approximate surface area is 175 Å². The Bertz CT molecular complexity index is 962. The lowest BCUT2D eigenvalue weighted by Crippen LogP contribution is -2.30. The van der Waals surface area contributed by atoms with Crippen LogP contribution in [-0.4, -0.2) is 24.0 Å². The minimum atomic E-state index is -0.0410. The highest BCUT2D eigenvalue weighted by Crippen LogP contribution is 2.28. The first-order valence-electron chi connectivity index (χ1n) is 10.0. The summed E-state index contributed by atoms with van der Waals surface area (Å²) in [5.74, 6) is 1.18. The van der Waals surface area contributed by atoms with Crippen LogP contribution >= 0.6 is 11.6 Å². The van der Waals surface area contributed by atoms with Gasteiger partial charge in [-0.15, -0.1) is 0 Å². The molecule has 2 heterocycles. The zero-order valence-electron chi connectivity index (χ0n) is 16.2. The Morgan fingerprint density at radius 2 is 1.83 bits per heavy atom. The maximum absolute atomic E-state index is 12.5. The summed E-state index contributed by atoms with van der Waals surface area (Å²) in [6.07, 6.45) is 6.12. The van der Waals surface area contributed by atoms with Crippen LogP contribution in [0.15, 0.2) is 59.1 Å². The molecule has 0 saturated carbocycles. The van der Waals surface area contributed by atoms with Gasteiger partial charge in [0, 0.05) is 36.5 Å². The van der Waals surface area contributed by atoms with Crippen LogP contribution in [0.1, 0.15) is 31.6 Å². The number of piperidine rings is 1. The van der Waals surface area contributed by atoms with Crippen molar-refractivity contribution in [1.29, 1.82) is 0 Å². The Morgan fingerprint density at radius 1 is 1.07 bits per heavy atom. The second-order valence-corrected chi connectivity index (χ2v) is 7.67. The van der Waals surface area contributed by atoms with E-state index in [-0.39, 0.29) is 5.91 Å². The van der Waals surface area contributed by atoms with E-state index in [1.807, 2.05) is 42.5 Å². The Hall–Kier alpha value is -2.79. The molecular weight excluding hydrogens is 386 g/mol. The highest BCUT2D eigenvalue weighted by Gasteiger charge is 2.16. The number of anilines is 2. The van der Waals surface area contributed by atoms with Crippen LogP contribution in [0, 0.1) is 0 Å². The molecule has 1 N–H and O–H groups in total. The third-order valence-corrected chi connectivity index (χ3v) is 5.38. The number of nitrogens with one attached hydrogen (secondary N) is 1. The van der Waals surface area contributed by atoms with Gasteiger partial charge in [0.2, 0.25) is 5.91 Å². The molecule has 150 valence electrons. The molecule has 0 bridgehead atoms. The van der Waals surface area contributed by atoms with Crippen molar-refractivity contribution in [3.05, 3.63) is 65.6 Å². The average molecular weight is 410 g/mol. The molecule has 29 heavy (non-hydrogen) atoms. The third kappa shape index (κ3) is 4.98. The van der Waals surface area contributed by atoms with Gasteiger partial charge >= 0.3 is 0 Å². The zero-order valence-corrected chi connectivity index (χ0v) is 17.0. The monoisotopic (exact) mass is 409 g/mol. The maximum Gasteiger partial charge on any atom is 0.224 e. The van der Waals surface area contributed by atoms with Crippen molar-refractivity contribution in [3.63, 3.8) is 0 Å². The van der Waals surface area contributed by atoms with Crippen molar-refractivity contribution in [2.24, 2.45) is 0 Å². The number of benzene rings is 2. The first kappa shape index (κ1) is 19.5. The maximum atomic E-state index is 12.5. The Balaban J connectivity index is 1.36. The number of nitrogens with zero attached hydrogens (tertiary/aromatic N) is 2. The molecule has 1 fully saturated rings.